The minimum atomic E-state index is -0.0153. The normalized spacial score (nSPS) is 14.3. The molecular weight excluding hydrogens is 396 g/mol. The van der Waals surface area contributed by atoms with E-state index in [1.807, 2.05) is 53.4 Å². The molecule has 31 heavy (non-hydrogen) atoms. The van der Waals surface area contributed by atoms with E-state index in [1.54, 1.807) is 14.2 Å². The van der Waals surface area contributed by atoms with Gasteiger partial charge in [-0.3, -0.25) is 4.79 Å². The van der Waals surface area contributed by atoms with Gasteiger partial charge in [0.1, 0.15) is 11.5 Å². The molecule has 1 saturated heterocycles. The predicted octanol–water partition coefficient (Wildman–Crippen LogP) is 3.29. The minimum Gasteiger partial charge on any atom is -0.497 e. The van der Waals surface area contributed by atoms with E-state index in [1.165, 1.54) is 0 Å². The zero-order valence-corrected chi connectivity index (χ0v) is 17.7. The minimum absolute atomic E-state index is 0.0153. The quantitative estimate of drug-likeness (QED) is 0.625. The Morgan fingerprint density at radius 3 is 2.26 bits per heavy atom. The number of anilines is 1. The van der Waals surface area contributed by atoms with Gasteiger partial charge in [0.15, 0.2) is 0 Å². The molecule has 0 bridgehead atoms. The highest BCUT2D eigenvalue weighted by Crippen LogP contribution is 2.26. The van der Waals surface area contributed by atoms with Crippen molar-refractivity contribution in [2.45, 2.75) is 19.4 Å². The Kier molecular flexibility index (Phi) is 6.35. The van der Waals surface area contributed by atoms with E-state index in [4.69, 9.17) is 14.0 Å². The second-order valence-electron chi connectivity index (χ2n) is 7.46. The SMILES string of the molecule is COc1ccc(CNC(=O)C2CCN(c3nc(-c4ccc(OC)cc4)no3)CC2)cc1. The third kappa shape index (κ3) is 4.96. The zero-order chi connectivity index (χ0) is 21.6. The second-order valence-corrected chi connectivity index (χ2v) is 7.46. The van der Waals surface area contributed by atoms with Crippen LogP contribution in [0.15, 0.2) is 53.1 Å². The number of hydrogen-bond donors (Lipinski definition) is 1. The van der Waals surface area contributed by atoms with E-state index >= 15 is 0 Å². The van der Waals surface area contributed by atoms with Crippen molar-refractivity contribution in [1.82, 2.24) is 15.5 Å². The Morgan fingerprint density at radius 1 is 1.03 bits per heavy atom. The summed E-state index contributed by atoms with van der Waals surface area (Å²) in [7, 11) is 3.27. The molecule has 1 aromatic heterocycles. The zero-order valence-electron chi connectivity index (χ0n) is 17.7. The summed E-state index contributed by atoms with van der Waals surface area (Å²) in [5.74, 6) is 2.19. The van der Waals surface area contributed by atoms with Crippen LogP contribution in [0, 0.1) is 5.92 Å². The summed E-state index contributed by atoms with van der Waals surface area (Å²) in [6, 6.07) is 15.7. The lowest BCUT2D eigenvalue weighted by atomic mass is 9.96. The molecule has 1 fully saturated rings. The van der Waals surface area contributed by atoms with Gasteiger partial charge in [0.25, 0.3) is 0 Å². The van der Waals surface area contributed by atoms with Crippen molar-refractivity contribution in [3.05, 3.63) is 54.1 Å². The Hall–Kier alpha value is -3.55. The van der Waals surface area contributed by atoms with Gasteiger partial charge < -0.3 is 24.2 Å². The molecular formula is C23H26N4O4. The number of carbonyl (C=O) groups excluding carboxylic acids is 1. The van der Waals surface area contributed by atoms with E-state index in [0.717, 1.165) is 35.5 Å². The molecule has 0 spiro atoms. The number of nitrogens with zero attached hydrogens (tertiary/aromatic N) is 3. The number of methoxy groups -OCH3 is 2. The van der Waals surface area contributed by atoms with Crippen LogP contribution in [0.2, 0.25) is 0 Å². The first kappa shape index (κ1) is 20.7. The van der Waals surface area contributed by atoms with Crippen molar-refractivity contribution in [1.29, 1.82) is 0 Å². The summed E-state index contributed by atoms with van der Waals surface area (Å²) in [6.07, 6.45) is 1.49. The van der Waals surface area contributed by atoms with E-state index in [-0.39, 0.29) is 11.8 Å². The fourth-order valence-corrected chi connectivity index (χ4v) is 3.61. The van der Waals surface area contributed by atoms with Crippen molar-refractivity contribution in [2.75, 3.05) is 32.2 Å². The Morgan fingerprint density at radius 2 is 1.65 bits per heavy atom. The molecule has 162 valence electrons. The second kappa shape index (κ2) is 9.51. The van der Waals surface area contributed by atoms with Crippen LogP contribution in [0.3, 0.4) is 0 Å². The molecule has 1 amide bonds. The van der Waals surface area contributed by atoms with Crippen molar-refractivity contribution < 1.29 is 18.8 Å². The number of carbonyl (C=O) groups is 1. The molecule has 3 aromatic rings. The number of ether oxygens (including phenoxy) is 2. The maximum absolute atomic E-state index is 12.6. The molecule has 4 rings (SSSR count). The Labute approximate surface area is 181 Å². The summed E-state index contributed by atoms with van der Waals surface area (Å²) >= 11 is 0. The standard InChI is InChI=1S/C23H26N4O4/c1-29-19-7-3-16(4-8-19)15-24-22(28)18-11-13-27(14-12-18)23-25-21(26-31-23)17-5-9-20(30-2)10-6-17/h3-10,18H,11-15H2,1-2H3,(H,24,28). The lowest BCUT2D eigenvalue weighted by molar-refractivity contribution is -0.125. The van der Waals surface area contributed by atoms with E-state index in [2.05, 4.69) is 15.5 Å². The first-order valence-corrected chi connectivity index (χ1v) is 10.3. The maximum Gasteiger partial charge on any atom is 0.324 e. The number of amides is 1. The molecule has 0 aliphatic carbocycles. The summed E-state index contributed by atoms with van der Waals surface area (Å²) < 4.78 is 15.8. The summed E-state index contributed by atoms with van der Waals surface area (Å²) in [6.45, 7) is 1.91. The molecule has 0 atom stereocenters. The van der Waals surface area contributed by atoms with Gasteiger partial charge in [-0.2, -0.15) is 4.98 Å². The average Bonchev–Trinajstić information content (AvgIpc) is 3.33. The summed E-state index contributed by atoms with van der Waals surface area (Å²) in [5.41, 5.74) is 1.91. The van der Waals surface area contributed by atoms with E-state index in [0.29, 0.717) is 31.5 Å². The van der Waals surface area contributed by atoms with Crippen LogP contribution < -0.4 is 19.7 Å². The van der Waals surface area contributed by atoms with Crippen molar-refractivity contribution in [3.63, 3.8) is 0 Å². The third-order valence-electron chi connectivity index (χ3n) is 5.53. The van der Waals surface area contributed by atoms with Crippen LogP contribution in [0.5, 0.6) is 11.5 Å². The largest absolute Gasteiger partial charge is 0.497 e. The lowest BCUT2D eigenvalue weighted by Gasteiger charge is -2.29. The lowest BCUT2D eigenvalue weighted by Crippen LogP contribution is -2.40. The molecule has 1 aliphatic rings. The van der Waals surface area contributed by atoms with Gasteiger partial charge in [0.05, 0.1) is 14.2 Å². The van der Waals surface area contributed by atoms with Gasteiger partial charge in [-0.15, -0.1) is 0 Å². The van der Waals surface area contributed by atoms with E-state index < -0.39 is 0 Å². The van der Waals surface area contributed by atoms with Gasteiger partial charge in [-0.25, -0.2) is 0 Å². The van der Waals surface area contributed by atoms with Gasteiger partial charge in [-0.1, -0.05) is 17.3 Å². The van der Waals surface area contributed by atoms with Crippen LogP contribution >= 0.6 is 0 Å². The van der Waals surface area contributed by atoms with Crippen molar-refractivity contribution >= 4 is 11.9 Å². The molecule has 0 saturated carbocycles. The van der Waals surface area contributed by atoms with E-state index in [9.17, 15) is 4.79 Å². The molecule has 2 aromatic carbocycles. The molecule has 1 N–H and O–H groups in total. The van der Waals surface area contributed by atoms with Crippen LogP contribution in [0.25, 0.3) is 11.4 Å². The Bertz CT molecular complexity index is 993. The van der Waals surface area contributed by atoms with Gasteiger partial charge >= 0.3 is 6.01 Å². The first-order chi connectivity index (χ1) is 15.2. The number of aromatic nitrogens is 2. The molecule has 1 aliphatic heterocycles. The average molecular weight is 422 g/mol. The fraction of sp³-hybridized carbons (Fsp3) is 0.348. The van der Waals surface area contributed by atoms with Crippen molar-refractivity contribution in [2.24, 2.45) is 5.92 Å². The number of piperidine rings is 1. The first-order valence-electron chi connectivity index (χ1n) is 10.3. The third-order valence-corrected chi connectivity index (χ3v) is 5.53. The van der Waals surface area contributed by atoms with Crippen LogP contribution in [-0.2, 0) is 11.3 Å². The molecule has 0 radical (unpaired) electrons. The number of nitrogens with one attached hydrogen (secondary N) is 1. The molecule has 8 nitrogen and oxygen atoms in total. The Balaban J connectivity index is 1.28. The van der Waals surface area contributed by atoms with Crippen LogP contribution in [-0.4, -0.2) is 43.4 Å². The van der Waals surface area contributed by atoms with Gasteiger partial charge in [0, 0.05) is 31.1 Å². The summed E-state index contributed by atoms with van der Waals surface area (Å²) in [5, 5.41) is 7.13. The fourth-order valence-electron chi connectivity index (χ4n) is 3.61. The predicted molar refractivity (Wildman–Crippen MR) is 116 cm³/mol. The molecule has 0 unspecified atom stereocenters. The number of rotatable bonds is 7. The highest BCUT2D eigenvalue weighted by Gasteiger charge is 2.27. The topological polar surface area (TPSA) is 89.7 Å². The number of benzene rings is 2. The van der Waals surface area contributed by atoms with Gasteiger partial charge in [-0.05, 0) is 54.8 Å². The number of hydrogen-bond acceptors (Lipinski definition) is 7. The highest BCUT2D eigenvalue weighted by atomic mass is 16.5. The highest BCUT2D eigenvalue weighted by molar-refractivity contribution is 5.79. The monoisotopic (exact) mass is 422 g/mol. The van der Waals surface area contributed by atoms with Crippen LogP contribution in [0.4, 0.5) is 6.01 Å². The van der Waals surface area contributed by atoms with Crippen molar-refractivity contribution in [3.8, 4) is 22.9 Å². The molecule has 8 heteroatoms. The maximum atomic E-state index is 12.6. The van der Waals surface area contributed by atoms with Gasteiger partial charge in [0.2, 0.25) is 11.7 Å². The smallest absolute Gasteiger partial charge is 0.324 e. The summed E-state index contributed by atoms with van der Waals surface area (Å²) in [4.78, 5) is 19.1. The molecule has 2 heterocycles. The van der Waals surface area contributed by atoms with Crippen LogP contribution in [0.1, 0.15) is 18.4 Å².